The zero-order valence-corrected chi connectivity index (χ0v) is 17.7. The van der Waals surface area contributed by atoms with Gasteiger partial charge in [0, 0.05) is 12.2 Å². The zero-order chi connectivity index (χ0) is 22.2. The second kappa shape index (κ2) is 10.6. The lowest BCUT2D eigenvalue weighted by Gasteiger charge is -2.13. The smallest absolute Gasteiger partial charge is 0.310 e. The Morgan fingerprint density at radius 1 is 0.968 bits per heavy atom. The lowest BCUT2D eigenvalue weighted by Crippen LogP contribution is -2.16. The van der Waals surface area contributed by atoms with Crippen molar-refractivity contribution in [2.75, 3.05) is 17.2 Å². The number of hydrogen-bond acceptors (Lipinski definition) is 4. The van der Waals surface area contributed by atoms with E-state index in [1.807, 2.05) is 30.3 Å². The van der Waals surface area contributed by atoms with Gasteiger partial charge in [0.15, 0.2) is 5.82 Å². The molecule has 3 aromatic rings. The standard InChI is InChI=1S/C24H22ClFN2O3/c1-2-31-21(29)14-16-8-10-18(11-9-16)28-24(30)22-19(25)12-13-20(23(22)26)27-15-17-6-4-3-5-7-17/h3-13,27H,2,14-15H2,1H3,(H,28,30). The fourth-order valence-corrected chi connectivity index (χ4v) is 3.20. The summed E-state index contributed by atoms with van der Waals surface area (Å²) in [5.74, 6) is -1.71. The third kappa shape index (κ3) is 6.06. The molecule has 0 heterocycles. The highest BCUT2D eigenvalue weighted by molar-refractivity contribution is 6.34. The number of nitrogens with one attached hydrogen (secondary N) is 2. The summed E-state index contributed by atoms with van der Waals surface area (Å²) in [4.78, 5) is 24.2. The summed E-state index contributed by atoms with van der Waals surface area (Å²) in [6.45, 7) is 2.47. The van der Waals surface area contributed by atoms with Crippen molar-refractivity contribution in [3.63, 3.8) is 0 Å². The third-order valence-electron chi connectivity index (χ3n) is 4.51. The average Bonchev–Trinajstić information content (AvgIpc) is 2.75. The second-order valence-electron chi connectivity index (χ2n) is 6.76. The Bertz CT molecular complexity index is 1060. The average molecular weight is 441 g/mol. The molecule has 5 nitrogen and oxygen atoms in total. The highest BCUT2D eigenvalue weighted by atomic mass is 35.5. The number of esters is 1. The maximum Gasteiger partial charge on any atom is 0.310 e. The molecule has 0 aliphatic rings. The van der Waals surface area contributed by atoms with Crippen LogP contribution in [-0.4, -0.2) is 18.5 Å². The molecular weight excluding hydrogens is 419 g/mol. The largest absolute Gasteiger partial charge is 0.466 e. The number of carbonyl (C=O) groups excluding carboxylic acids is 2. The fourth-order valence-electron chi connectivity index (χ4n) is 2.97. The minimum Gasteiger partial charge on any atom is -0.466 e. The molecule has 160 valence electrons. The maximum atomic E-state index is 15.0. The van der Waals surface area contributed by atoms with Gasteiger partial charge in [-0.3, -0.25) is 9.59 Å². The van der Waals surface area contributed by atoms with E-state index in [-0.39, 0.29) is 28.7 Å². The first kappa shape index (κ1) is 22.3. The molecule has 2 N–H and O–H groups in total. The zero-order valence-electron chi connectivity index (χ0n) is 17.0. The number of ether oxygens (including phenoxy) is 1. The van der Waals surface area contributed by atoms with E-state index in [0.717, 1.165) is 11.1 Å². The molecule has 0 saturated heterocycles. The fraction of sp³-hybridized carbons (Fsp3) is 0.167. The van der Waals surface area contributed by atoms with Crippen LogP contribution < -0.4 is 10.6 Å². The van der Waals surface area contributed by atoms with E-state index in [1.54, 1.807) is 31.2 Å². The van der Waals surface area contributed by atoms with Crippen molar-refractivity contribution in [2.24, 2.45) is 0 Å². The highest BCUT2D eigenvalue weighted by Crippen LogP contribution is 2.27. The van der Waals surface area contributed by atoms with Crippen molar-refractivity contribution in [1.82, 2.24) is 0 Å². The summed E-state index contributed by atoms with van der Waals surface area (Å²) in [7, 11) is 0. The normalized spacial score (nSPS) is 10.4. The minimum atomic E-state index is -0.722. The molecule has 1 amide bonds. The van der Waals surface area contributed by atoms with E-state index in [2.05, 4.69) is 10.6 Å². The highest BCUT2D eigenvalue weighted by Gasteiger charge is 2.19. The Kier molecular flexibility index (Phi) is 7.62. The van der Waals surface area contributed by atoms with Gasteiger partial charge in [0.2, 0.25) is 0 Å². The number of anilines is 2. The summed E-state index contributed by atoms with van der Waals surface area (Å²) < 4.78 is 19.9. The van der Waals surface area contributed by atoms with Gasteiger partial charge in [0.25, 0.3) is 5.91 Å². The summed E-state index contributed by atoms with van der Waals surface area (Å²) in [6.07, 6.45) is 0.137. The molecule has 0 fully saturated rings. The molecule has 0 saturated carbocycles. The Balaban J connectivity index is 1.70. The van der Waals surface area contributed by atoms with Crippen LogP contribution in [0.15, 0.2) is 66.7 Å². The molecule has 0 atom stereocenters. The van der Waals surface area contributed by atoms with Gasteiger partial charge in [0.05, 0.1) is 29.3 Å². The number of benzene rings is 3. The van der Waals surface area contributed by atoms with Crippen LogP contribution in [0.4, 0.5) is 15.8 Å². The van der Waals surface area contributed by atoms with Crippen molar-refractivity contribution in [3.05, 3.63) is 94.3 Å². The lowest BCUT2D eigenvalue weighted by molar-refractivity contribution is -0.142. The van der Waals surface area contributed by atoms with Gasteiger partial charge in [-0.15, -0.1) is 0 Å². The lowest BCUT2D eigenvalue weighted by atomic mass is 10.1. The molecule has 31 heavy (non-hydrogen) atoms. The van der Waals surface area contributed by atoms with Crippen LogP contribution in [0.2, 0.25) is 5.02 Å². The predicted octanol–water partition coefficient (Wildman–Crippen LogP) is 5.45. The first-order chi connectivity index (χ1) is 15.0. The molecule has 3 rings (SSSR count). The van der Waals surface area contributed by atoms with Crippen molar-refractivity contribution in [1.29, 1.82) is 0 Å². The minimum absolute atomic E-state index is 0.0131. The predicted molar refractivity (Wildman–Crippen MR) is 120 cm³/mol. The van der Waals surface area contributed by atoms with E-state index in [4.69, 9.17) is 16.3 Å². The van der Waals surface area contributed by atoms with E-state index in [9.17, 15) is 9.59 Å². The summed E-state index contributed by atoms with van der Waals surface area (Å²) in [5.41, 5.74) is 2.12. The molecule has 0 spiro atoms. The van der Waals surface area contributed by atoms with Crippen LogP contribution >= 0.6 is 11.6 Å². The van der Waals surface area contributed by atoms with Crippen LogP contribution in [0.5, 0.6) is 0 Å². The van der Waals surface area contributed by atoms with E-state index < -0.39 is 11.7 Å². The van der Waals surface area contributed by atoms with Gasteiger partial charge in [-0.25, -0.2) is 4.39 Å². The number of hydrogen-bond donors (Lipinski definition) is 2. The van der Waals surface area contributed by atoms with Gasteiger partial charge in [-0.1, -0.05) is 54.1 Å². The molecule has 3 aromatic carbocycles. The van der Waals surface area contributed by atoms with Gasteiger partial charge >= 0.3 is 5.97 Å². The number of rotatable bonds is 8. The molecule has 0 aliphatic carbocycles. The Labute approximate surface area is 185 Å². The van der Waals surface area contributed by atoms with Gasteiger partial charge < -0.3 is 15.4 Å². The number of carbonyl (C=O) groups is 2. The van der Waals surface area contributed by atoms with E-state index in [0.29, 0.717) is 18.8 Å². The molecule has 0 unspecified atom stereocenters. The number of amides is 1. The Morgan fingerprint density at radius 3 is 2.35 bits per heavy atom. The maximum absolute atomic E-state index is 15.0. The Morgan fingerprint density at radius 2 is 1.68 bits per heavy atom. The van der Waals surface area contributed by atoms with Crippen molar-refractivity contribution in [3.8, 4) is 0 Å². The van der Waals surface area contributed by atoms with Gasteiger partial charge in [-0.05, 0) is 42.3 Å². The topological polar surface area (TPSA) is 67.4 Å². The third-order valence-corrected chi connectivity index (χ3v) is 4.82. The van der Waals surface area contributed by atoms with Crippen LogP contribution in [0.25, 0.3) is 0 Å². The molecule has 0 aromatic heterocycles. The van der Waals surface area contributed by atoms with Gasteiger partial charge in [0.1, 0.15) is 0 Å². The van der Waals surface area contributed by atoms with Crippen molar-refractivity contribution >= 4 is 34.9 Å². The molecule has 7 heteroatoms. The molecule has 0 bridgehead atoms. The first-order valence-corrected chi connectivity index (χ1v) is 10.2. The van der Waals surface area contributed by atoms with Gasteiger partial charge in [-0.2, -0.15) is 0 Å². The van der Waals surface area contributed by atoms with E-state index in [1.165, 1.54) is 12.1 Å². The first-order valence-electron chi connectivity index (χ1n) is 9.79. The van der Waals surface area contributed by atoms with Crippen LogP contribution in [0, 0.1) is 5.82 Å². The molecular formula is C24H22ClFN2O3. The summed E-state index contributed by atoms with van der Waals surface area (Å²) in [5, 5.41) is 5.65. The molecule has 0 aliphatic heterocycles. The SMILES string of the molecule is CCOC(=O)Cc1ccc(NC(=O)c2c(Cl)ccc(NCc3ccccc3)c2F)cc1. The molecule has 0 radical (unpaired) electrons. The van der Waals surface area contributed by atoms with Crippen LogP contribution in [-0.2, 0) is 22.5 Å². The van der Waals surface area contributed by atoms with Crippen LogP contribution in [0.1, 0.15) is 28.4 Å². The summed E-state index contributed by atoms with van der Waals surface area (Å²) >= 11 is 6.11. The van der Waals surface area contributed by atoms with Crippen molar-refractivity contribution in [2.45, 2.75) is 19.9 Å². The quantitative estimate of drug-likeness (QED) is 0.457. The summed E-state index contributed by atoms with van der Waals surface area (Å²) in [6, 6.07) is 19.2. The van der Waals surface area contributed by atoms with Crippen molar-refractivity contribution < 1.29 is 18.7 Å². The monoisotopic (exact) mass is 440 g/mol. The van der Waals surface area contributed by atoms with E-state index >= 15 is 4.39 Å². The number of halogens is 2. The second-order valence-corrected chi connectivity index (χ2v) is 7.16. The van der Waals surface area contributed by atoms with Crippen LogP contribution in [0.3, 0.4) is 0 Å². The Hall–Kier alpha value is -3.38.